The summed E-state index contributed by atoms with van der Waals surface area (Å²) in [6.45, 7) is 6.13. The van der Waals surface area contributed by atoms with Gasteiger partial charge in [0.15, 0.2) is 0 Å². The van der Waals surface area contributed by atoms with Crippen LogP contribution in [0, 0.1) is 5.82 Å². The van der Waals surface area contributed by atoms with E-state index in [9.17, 15) is 22.4 Å². The van der Waals surface area contributed by atoms with Gasteiger partial charge in [0.2, 0.25) is 11.8 Å². The van der Waals surface area contributed by atoms with Gasteiger partial charge in [-0.2, -0.15) is 0 Å². The van der Waals surface area contributed by atoms with Gasteiger partial charge in [-0.1, -0.05) is 50.6 Å². The molecule has 41 heavy (non-hydrogen) atoms. The molecule has 3 rings (SSSR count). The molecule has 3 aromatic carbocycles. The zero-order valence-corrected chi connectivity index (χ0v) is 24.6. The van der Waals surface area contributed by atoms with Crippen molar-refractivity contribution >= 4 is 27.5 Å². The summed E-state index contributed by atoms with van der Waals surface area (Å²) in [6.07, 6.45) is 2.04. The Morgan fingerprint density at radius 2 is 1.59 bits per heavy atom. The molecule has 3 aromatic rings. The van der Waals surface area contributed by atoms with Crippen molar-refractivity contribution in [1.82, 2.24) is 10.2 Å². The Hall–Kier alpha value is -3.92. The summed E-state index contributed by atoms with van der Waals surface area (Å²) in [7, 11) is -4.29. The van der Waals surface area contributed by atoms with E-state index in [1.807, 2.05) is 51.1 Å². The highest BCUT2D eigenvalue weighted by Crippen LogP contribution is 2.27. The van der Waals surface area contributed by atoms with Crippen molar-refractivity contribution in [2.75, 3.05) is 24.0 Å². The third kappa shape index (κ3) is 8.53. The number of amides is 2. The van der Waals surface area contributed by atoms with Crippen LogP contribution >= 0.6 is 0 Å². The maximum Gasteiger partial charge on any atom is 0.264 e. The number of sulfonamides is 1. The van der Waals surface area contributed by atoms with Gasteiger partial charge in [-0.25, -0.2) is 12.8 Å². The van der Waals surface area contributed by atoms with Crippen LogP contribution in [-0.2, 0) is 26.2 Å². The number of anilines is 1. The van der Waals surface area contributed by atoms with E-state index in [1.165, 1.54) is 4.90 Å². The van der Waals surface area contributed by atoms with E-state index >= 15 is 0 Å². The van der Waals surface area contributed by atoms with Crippen molar-refractivity contribution in [3.05, 3.63) is 90.2 Å². The molecule has 0 saturated carbocycles. The van der Waals surface area contributed by atoms with Gasteiger partial charge in [0.05, 0.1) is 17.2 Å². The van der Waals surface area contributed by atoms with E-state index in [-0.39, 0.29) is 23.0 Å². The molecule has 8 nitrogen and oxygen atoms in total. The smallest absolute Gasteiger partial charge is 0.264 e. The summed E-state index contributed by atoms with van der Waals surface area (Å²) in [5.41, 5.74) is 1.03. The first kappa shape index (κ1) is 31.6. The summed E-state index contributed by atoms with van der Waals surface area (Å²) in [5, 5.41) is 2.91. The molecule has 0 fully saturated rings. The van der Waals surface area contributed by atoms with E-state index in [1.54, 1.807) is 24.3 Å². The van der Waals surface area contributed by atoms with Gasteiger partial charge < -0.3 is 15.0 Å². The van der Waals surface area contributed by atoms with Crippen LogP contribution < -0.4 is 14.4 Å². The predicted octanol–water partition coefficient (Wildman–Crippen LogP) is 5.14. The lowest BCUT2D eigenvalue weighted by Crippen LogP contribution is -2.52. The lowest BCUT2D eigenvalue weighted by molar-refractivity contribution is -0.140. The van der Waals surface area contributed by atoms with Crippen molar-refractivity contribution < 1.29 is 27.1 Å². The molecule has 0 saturated heterocycles. The highest BCUT2D eigenvalue weighted by Gasteiger charge is 2.33. The van der Waals surface area contributed by atoms with Crippen molar-refractivity contribution in [2.24, 2.45) is 0 Å². The first-order chi connectivity index (χ1) is 19.7. The molecule has 2 amide bonds. The summed E-state index contributed by atoms with van der Waals surface area (Å²) in [6, 6.07) is 19.2. The molecule has 0 radical (unpaired) electrons. The minimum Gasteiger partial charge on any atom is -0.494 e. The Bertz CT molecular complexity index is 1370. The first-order valence-corrected chi connectivity index (χ1v) is 15.3. The normalized spacial score (nSPS) is 11.9. The highest BCUT2D eigenvalue weighted by atomic mass is 32.2. The Labute approximate surface area is 242 Å². The number of carbonyl (C=O) groups excluding carboxylic acids is 2. The minimum absolute atomic E-state index is 0.118. The zero-order valence-electron chi connectivity index (χ0n) is 23.8. The highest BCUT2D eigenvalue weighted by molar-refractivity contribution is 7.92. The van der Waals surface area contributed by atoms with E-state index in [0.29, 0.717) is 25.3 Å². The number of nitrogens with zero attached hydrogens (tertiary/aromatic N) is 2. The molecule has 0 unspecified atom stereocenters. The Morgan fingerprint density at radius 3 is 2.17 bits per heavy atom. The molecule has 0 bridgehead atoms. The summed E-state index contributed by atoms with van der Waals surface area (Å²) in [5.74, 6) is -0.881. The van der Waals surface area contributed by atoms with Crippen molar-refractivity contribution in [2.45, 2.75) is 57.5 Å². The molecule has 0 aliphatic carbocycles. The van der Waals surface area contributed by atoms with Crippen LogP contribution in [0.4, 0.5) is 10.1 Å². The van der Waals surface area contributed by atoms with Gasteiger partial charge in [-0.15, -0.1) is 0 Å². The van der Waals surface area contributed by atoms with Gasteiger partial charge in [0, 0.05) is 13.1 Å². The van der Waals surface area contributed by atoms with E-state index in [0.717, 1.165) is 47.0 Å². The second kappa shape index (κ2) is 15.2. The average molecular weight is 584 g/mol. The standard InChI is InChI=1S/C31H38FN3O5S/c1-4-7-21-33-31(37)29(5-2)34(22-24-11-9-8-10-12-24)30(36)23-35(26-15-17-27(18-16-26)40-6-3)41(38,39)28-19-13-25(32)14-20-28/h8-20,29H,4-7,21-23H2,1-3H3,(H,33,37)/t29-/m0/s1. The number of unbranched alkanes of at least 4 members (excludes halogenated alkanes) is 1. The van der Waals surface area contributed by atoms with Crippen LogP contribution in [0.15, 0.2) is 83.8 Å². The SMILES string of the molecule is CCCCNC(=O)[C@H](CC)N(Cc1ccccc1)C(=O)CN(c1ccc(OCC)cc1)S(=O)(=O)c1ccc(F)cc1. The quantitative estimate of drug-likeness (QED) is 0.250. The van der Waals surface area contributed by atoms with Crippen LogP contribution in [0.3, 0.4) is 0 Å². The van der Waals surface area contributed by atoms with Crippen LogP contribution in [0.2, 0.25) is 0 Å². The van der Waals surface area contributed by atoms with Crippen molar-refractivity contribution in [3.8, 4) is 5.75 Å². The van der Waals surface area contributed by atoms with Gasteiger partial charge >= 0.3 is 0 Å². The van der Waals surface area contributed by atoms with Crippen LogP contribution in [0.5, 0.6) is 5.75 Å². The third-order valence-electron chi connectivity index (χ3n) is 6.53. The number of hydrogen-bond donors (Lipinski definition) is 1. The lowest BCUT2D eigenvalue weighted by atomic mass is 10.1. The van der Waals surface area contributed by atoms with Crippen LogP contribution in [0.1, 0.15) is 45.6 Å². The van der Waals surface area contributed by atoms with E-state index in [4.69, 9.17) is 4.74 Å². The molecular formula is C31H38FN3O5S. The number of rotatable bonds is 15. The minimum atomic E-state index is -4.29. The fourth-order valence-corrected chi connectivity index (χ4v) is 5.76. The van der Waals surface area contributed by atoms with Gasteiger partial charge in [-0.05, 0) is 73.9 Å². The summed E-state index contributed by atoms with van der Waals surface area (Å²) >= 11 is 0. The largest absolute Gasteiger partial charge is 0.494 e. The second-order valence-corrected chi connectivity index (χ2v) is 11.3. The molecule has 0 spiro atoms. The maximum absolute atomic E-state index is 14.0. The lowest BCUT2D eigenvalue weighted by Gasteiger charge is -2.33. The molecule has 220 valence electrons. The molecule has 0 aromatic heterocycles. The summed E-state index contributed by atoms with van der Waals surface area (Å²) in [4.78, 5) is 28.5. The van der Waals surface area contributed by atoms with Gasteiger partial charge in [0.1, 0.15) is 24.2 Å². The number of benzene rings is 3. The van der Waals surface area contributed by atoms with E-state index in [2.05, 4.69) is 5.32 Å². The van der Waals surface area contributed by atoms with Gasteiger partial charge in [-0.3, -0.25) is 13.9 Å². The number of halogens is 1. The summed E-state index contributed by atoms with van der Waals surface area (Å²) < 4.78 is 47.8. The predicted molar refractivity (Wildman–Crippen MR) is 158 cm³/mol. The molecule has 0 aliphatic heterocycles. The monoisotopic (exact) mass is 583 g/mol. The molecule has 1 N–H and O–H groups in total. The average Bonchev–Trinajstić information content (AvgIpc) is 2.97. The Morgan fingerprint density at radius 1 is 0.927 bits per heavy atom. The van der Waals surface area contributed by atoms with Crippen LogP contribution in [-0.4, -0.2) is 50.9 Å². The number of carbonyl (C=O) groups is 2. The van der Waals surface area contributed by atoms with E-state index < -0.39 is 34.3 Å². The molecule has 1 atom stereocenters. The van der Waals surface area contributed by atoms with Gasteiger partial charge in [0.25, 0.3) is 10.0 Å². The van der Waals surface area contributed by atoms with Crippen molar-refractivity contribution in [1.29, 1.82) is 0 Å². The molecule has 0 aliphatic rings. The Kier molecular flexibility index (Phi) is 11.7. The van der Waals surface area contributed by atoms with Crippen molar-refractivity contribution in [3.63, 3.8) is 0 Å². The van der Waals surface area contributed by atoms with Crippen LogP contribution in [0.25, 0.3) is 0 Å². The number of hydrogen-bond acceptors (Lipinski definition) is 5. The number of nitrogens with one attached hydrogen (secondary N) is 1. The zero-order chi connectivity index (χ0) is 29.8. The fourth-order valence-electron chi connectivity index (χ4n) is 4.34. The second-order valence-electron chi connectivity index (χ2n) is 9.47. The first-order valence-electron chi connectivity index (χ1n) is 13.8. The Balaban J connectivity index is 2.02. The molecular weight excluding hydrogens is 545 g/mol. The molecule has 10 heteroatoms. The third-order valence-corrected chi connectivity index (χ3v) is 8.32. The molecule has 0 heterocycles. The number of ether oxygens (including phenoxy) is 1. The topological polar surface area (TPSA) is 96.0 Å². The maximum atomic E-state index is 14.0. The fraction of sp³-hybridized carbons (Fsp3) is 0.355.